The van der Waals surface area contributed by atoms with Gasteiger partial charge >= 0.3 is 5.97 Å². The summed E-state index contributed by atoms with van der Waals surface area (Å²) in [5, 5.41) is 17.6. The van der Waals surface area contributed by atoms with Crippen LogP contribution in [0.2, 0.25) is 0 Å². The molecule has 5 heteroatoms. The van der Waals surface area contributed by atoms with Gasteiger partial charge < -0.3 is 14.6 Å². The maximum absolute atomic E-state index is 10.8. The van der Waals surface area contributed by atoms with Gasteiger partial charge in [0.1, 0.15) is 11.8 Å². The molecule has 0 aliphatic rings. The van der Waals surface area contributed by atoms with Crippen molar-refractivity contribution in [2.24, 2.45) is 0 Å². The van der Waals surface area contributed by atoms with Crippen molar-refractivity contribution in [3.8, 4) is 11.8 Å². The molecule has 16 heavy (non-hydrogen) atoms. The van der Waals surface area contributed by atoms with Crippen LogP contribution in [0.5, 0.6) is 5.75 Å². The van der Waals surface area contributed by atoms with Gasteiger partial charge in [-0.1, -0.05) is 12.1 Å². The smallest absolute Gasteiger partial charge is 0.347 e. The van der Waals surface area contributed by atoms with Crippen molar-refractivity contribution in [2.75, 3.05) is 13.7 Å². The van der Waals surface area contributed by atoms with Crippen molar-refractivity contribution in [2.45, 2.75) is 6.10 Å². The maximum Gasteiger partial charge on any atom is 0.347 e. The average Bonchev–Trinajstić information content (AvgIpc) is 2.29. The Morgan fingerprint density at radius 1 is 1.56 bits per heavy atom. The largest absolute Gasteiger partial charge is 0.478 e. The van der Waals surface area contributed by atoms with Crippen molar-refractivity contribution in [3.63, 3.8) is 0 Å². The van der Waals surface area contributed by atoms with Crippen molar-refractivity contribution in [3.05, 3.63) is 29.8 Å². The number of hydrogen-bond acceptors (Lipinski definition) is 4. The highest BCUT2D eigenvalue weighted by molar-refractivity contribution is 5.73. The number of hydrogen-bond donors (Lipinski definition) is 1. The quantitative estimate of drug-likeness (QED) is 0.803. The van der Waals surface area contributed by atoms with Crippen LogP contribution in [-0.2, 0) is 9.53 Å². The molecule has 0 saturated heterocycles. The van der Waals surface area contributed by atoms with Gasteiger partial charge in [0.05, 0.1) is 12.2 Å². The fourth-order valence-corrected chi connectivity index (χ4v) is 1.12. The van der Waals surface area contributed by atoms with Crippen LogP contribution in [0.15, 0.2) is 24.3 Å². The predicted octanol–water partition coefficient (Wildman–Crippen LogP) is 1.04. The predicted molar refractivity (Wildman–Crippen MR) is 55.1 cm³/mol. The molecule has 0 aliphatic heterocycles. The molecule has 0 spiro atoms. The minimum atomic E-state index is -1.13. The number of carboxylic acid groups (broad SMARTS) is 1. The number of aliphatic carboxylic acids is 1. The molecule has 1 rings (SSSR count). The highest BCUT2D eigenvalue weighted by atomic mass is 16.5. The van der Waals surface area contributed by atoms with Gasteiger partial charge in [-0.3, -0.25) is 0 Å². The Kier molecular flexibility index (Phi) is 4.30. The van der Waals surface area contributed by atoms with Crippen molar-refractivity contribution < 1.29 is 19.4 Å². The molecule has 1 aromatic rings. The molecule has 1 unspecified atom stereocenters. The normalized spacial score (nSPS) is 11.5. The molecule has 0 saturated carbocycles. The fourth-order valence-electron chi connectivity index (χ4n) is 1.12. The fraction of sp³-hybridized carbons (Fsp3) is 0.273. The molecule has 84 valence electrons. The third-order valence-corrected chi connectivity index (χ3v) is 1.87. The van der Waals surface area contributed by atoms with Gasteiger partial charge in [-0.15, -0.1) is 0 Å². The lowest BCUT2D eigenvalue weighted by atomic mass is 10.2. The van der Waals surface area contributed by atoms with Crippen LogP contribution in [0.1, 0.15) is 5.56 Å². The number of nitrogens with zero attached hydrogens (tertiary/aromatic N) is 1. The Morgan fingerprint density at radius 3 is 2.81 bits per heavy atom. The monoisotopic (exact) mass is 221 g/mol. The summed E-state index contributed by atoms with van der Waals surface area (Å²) in [5.74, 6) is -0.885. The van der Waals surface area contributed by atoms with E-state index in [4.69, 9.17) is 19.8 Å². The molecule has 0 heterocycles. The minimum absolute atomic E-state index is 0.0743. The third kappa shape index (κ3) is 2.97. The van der Waals surface area contributed by atoms with Crippen molar-refractivity contribution in [1.29, 1.82) is 5.26 Å². The number of rotatable bonds is 5. The first kappa shape index (κ1) is 12.0. The van der Waals surface area contributed by atoms with E-state index in [1.54, 1.807) is 24.3 Å². The Hall–Kier alpha value is -2.06. The van der Waals surface area contributed by atoms with Gasteiger partial charge in [-0.2, -0.15) is 5.26 Å². The van der Waals surface area contributed by atoms with E-state index in [2.05, 4.69) is 0 Å². The van der Waals surface area contributed by atoms with Gasteiger partial charge in [0.2, 0.25) is 6.10 Å². The average molecular weight is 221 g/mol. The van der Waals surface area contributed by atoms with Gasteiger partial charge in [-0.05, 0) is 12.1 Å². The minimum Gasteiger partial charge on any atom is -0.478 e. The van der Waals surface area contributed by atoms with Gasteiger partial charge in [-0.25, -0.2) is 4.79 Å². The molecule has 0 aromatic heterocycles. The maximum atomic E-state index is 10.8. The highest BCUT2D eigenvalue weighted by Gasteiger charge is 2.20. The van der Waals surface area contributed by atoms with E-state index in [1.807, 2.05) is 6.07 Å². The summed E-state index contributed by atoms with van der Waals surface area (Å²) >= 11 is 0. The first-order valence-electron chi connectivity index (χ1n) is 4.56. The highest BCUT2D eigenvalue weighted by Crippen LogP contribution is 2.18. The van der Waals surface area contributed by atoms with Crippen LogP contribution in [-0.4, -0.2) is 30.9 Å². The van der Waals surface area contributed by atoms with E-state index in [0.717, 1.165) is 0 Å². The van der Waals surface area contributed by atoms with Crippen LogP contribution in [0.3, 0.4) is 0 Å². The van der Waals surface area contributed by atoms with E-state index in [-0.39, 0.29) is 12.4 Å². The second kappa shape index (κ2) is 5.73. The summed E-state index contributed by atoms with van der Waals surface area (Å²) in [6.07, 6.45) is -1.11. The molecule has 0 bridgehead atoms. The summed E-state index contributed by atoms with van der Waals surface area (Å²) in [4.78, 5) is 10.8. The zero-order chi connectivity index (χ0) is 12.0. The van der Waals surface area contributed by atoms with E-state index in [0.29, 0.717) is 5.56 Å². The summed E-state index contributed by atoms with van der Waals surface area (Å²) in [7, 11) is 1.38. The topological polar surface area (TPSA) is 79.5 Å². The Morgan fingerprint density at radius 2 is 2.25 bits per heavy atom. The van der Waals surface area contributed by atoms with E-state index in [9.17, 15) is 4.79 Å². The standard InChI is InChI=1S/C11H11NO4/c1-15-7-10(11(13)14)16-9-5-3-2-4-8(9)6-12/h2-5,10H,7H2,1H3,(H,13,14). The Bertz CT molecular complexity index is 411. The molecule has 0 radical (unpaired) electrons. The van der Waals surface area contributed by atoms with E-state index in [1.165, 1.54) is 7.11 Å². The molecule has 0 amide bonds. The molecule has 1 atom stereocenters. The molecule has 0 fully saturated rings. The zero-order valence-corrected chi connectivity index (χ0v) is 8.71. The molecule has 1 N–H and O–H groups in total. The number of para-hydroxylation sites is 1. The molecule has 0 aliphatic carbocycles. The van der Waals surface area contributed by atoms with E-state index < -0.39 is 12.1 Å². The summed E-state index contributed by atoms with van der Waals surface area (Å²) in [5.41, 5.74) is 0.296. The molecule has 1 aromatic carbocycles. The second-order valence-electron chi connectivity index (χ2n) is 3.01. The third-order valence-electron chi connectivity index (χ3n) is 1.87. The van der Waals surface area contributed by atoms with Crippen molar-refractivity contribution in [1.82, 2.24) is 0 Å². The van der Waals surface area contributed by atoms with Gasteiger partial charge in [0.15, 0.2) is 0 Å². The van der Waals surface area contributed by atoms with Crippen molar-refractivity contribution >= 4 is 5.97 Å². The van der Waals surface area contributed by atoms with Crippen LogP contribution in [0.25, 0.3) is 0 Å². The second-order valence-corrected chi connectivity index (χ2v) is 3.01. The lowest BCUT2D eigenvalue weighted by Gasteiger charge is -2.14. The Labute approximate surface area is 92.8 Å². The Balaban J connectivity index is 2.85. The van der Waals surface area contributed by atoms with Crippen LogP contribution in [0, 0.1) is 11.3 Å². The number of nitriles is 1. The van der Waals surface area contributed by atoms with Crippen LogP contribution >= 0.6 is 0 Å². The van der Waals surface area contributed by atoms with E-state index >= 15 is 0 Å². The molecule has 5 nitrogen and oxygen atoms in total. The number of ether oxygens (including phenoxy) is 2. The molecular weight excluding hydrogens is 210 g/mol. The number of carbonyl (C=O) groups is 1. The lowest BCUT2D eigenvalue weighted by Crippen LogP contribution is -2.31. The first-order valence-corrected chi connectivity index (χ1v) is 4.56. The zero-order valence-electron chi connectivity index (χ0n) is 8.71. The van der Waals surface area contributed by atoms with Crippen LogP contribution < -0.4 is 4.74 Å². The summed E-state index contributed by atoms with van der Waals surface area (Å²) < 4.78 is 9.91. The van der Waals surface area contributed by atoms with Gasteiger partial charge in [0, 0.05) is 7.11 Å². The number of benzene rings is 1. The van der Waals surface area contributed by atoms with Gasteiger partial charge in [0.25, 0.3) is 0 Å². The summed E-state index contributed by atoms with van der Waals surface area (Å²) in [6.45, 7) is -0.0743. The lowest BCUT2D eigenvalue weighted by molar-refractivity contribution is -0.147. The SMILES string of the molecule is COCC(Oc1ccccc1C#N)C(=O)O. The molecular formula is C11H11NO4. The number of methoxy groups -OCH3 is 1. The number of carboxylic acids is 1. The first-order chi connectivity index (χ1) is 7.69. The summed E-state index contributed by atoms with van der Waals surface area (Å²) in [6, 6.07) is 8.37. The van der Waals surface area contributed by atoms with Crippen LogP contribution in [0.4, 0.5) is 0 Å².